The highest BCUT2D eigenvalue weighted by atomic mass is 35.5. The van der Waals surface area contributed by atoms with Crippen molar-refractivity contribution >= 4 is 17.5 Å². The molecule has 0 saturated carbocycles. The number of hydrogen-bond donors (Lipinski definition) is 0. The summed E-state index contributed by atoms with van der Waals surface area (Å²) in [6, 6.07) is 14.1. The molecule has 1 saturated heterocycles. The molecule has 0 unspecified atom stereocenters. The summed E-state index contributed by atoms with van der Waals surface area (Å²) in [5.74, 6) is 1.34. The molecule has 2 aromatic heterocycles. The van der Waals surface area contributed by atoms with E-state index >= 15 is 0 Å². The zero-order valence-electron chi connectivity index (χ0n) is 19.3. The van der Waals surface area contributed by atoms with Crippen molar-refractivity contribution in [2.24, 2.45) is 5.92 Å². The van der Waals surface area contributed by atoms with Crippen LogP contribution in [0.15, 0.2) is 65.7 Å². The highest BCUT2D eigenvalue weighted by Crippen LogP contribution is 2.22. The second kappa shape index (κ2) is 10.7. The highest BCUT2D eigenvalue weighted by Gasteiger charge is 2.30. The van der Waals surface area contributed by atoms with Crippen molar-refractivity contribution in [2.45, 2.75) is 39.3 Å². The third-order valence-corrected chi connectivity index (χ3v) is 6.00. The van der Waals surface area contributed by atoms with Gasteiger partial charge in [0.2, 0.25) is 5.91 Å². The van der Waals surface area contributed by atoms with Crippen molar-refractivity contribution in [3.63, 3.8) is 0 Å². The number of carbonyl (C=O) groups is 1. The van der Waals surface area contributed by atoms with E-state index in [2.05, 4.69) is 4.98 Å². The van der Waals surface area contributed by atoms with E-state index in [0.29, 0.717) is 23.1 Å². The van der Waals surface area contributed by atoms with Crippen LogP contribution in [0.3, 0.4) is 0 Å². The Morgan fingerprint density at radius 1 is 1.12 bits per heavy atom. The van der Waals surface area contributed by atoms with Crippen LogP contribution in [0.25, 0.3) is 5.69 Å². The SMILES string of the molecule is CC(C)C(=O)N1CCC[C@@H]1COc1ccc(-n2ccc(OCc3ccc(Cl)cn3)cc2=O)cc1. The van der Waals surface area contributed by atoms with Gasteiger partial charge in [-0.3, -0.25) is 19.1 Å². The maximum absolute atomic E-state index is 12.6. The van der Waals surface area contributed by atoms with Gasteiger partial charge in [-0.05, 0) is 55.3 Å². The molecule has 1 aliphatic heterocycles. The maximum Gasteiger partial charge on any atom is 0.258 e. The number of hydrogen-bond acceptors (Lipinski definition) is 5. The number of amides is 1. The topological polar surface area (TPSA) is 73.7 Å². The summed E-state index contributed by atoms with van der Waals surface area (Å²) in [5, 5.41) is 0.560. The van der Waals surface area contributed by atoms with Gasteiger partial charge >= 0.3 is 0 Å². The highest BCUT2D eigenvalue weighted by molar-refractivity contribution is 6.30. The van der Waals surface area contributed by atoms with Crippen LogP contribution in [0.5, 0.6) is 11.5 Å². The van der Waals surface area contributed by atoms with Crippen LogP contribution in [-0.4, -0.2) is 39.6 Å². The summed E-state index contributed by atoms with van der Waals surface area (Å²) in [5.41, 5.74) is 1.24. The van der Waals surface area contributed by atoms with Gasteiger partial charge in [0, 0.05) is 36.6 Å². The van der Waals surface area contributed by atoms with Gasteiger partial charge in [-0.2, -0.15) is 0 Å². The summed E-state index contributed by atoms with van der Waals surface area (Å²) in [6.45, 7) is 5.35. The zero-order valence-corrected chi connectivity index (χ0v) is 20.1. The molecule has 178 valence electrons. The minimum atomic E-state index is -0.205. The fraction of sp³-hybridized carbons (Fsp3) is 0.346. The van der Waals surface area contributed by atoms with E-state index in [4.69, 9.17) is 21.1 Å². The van der Waals surface area contributed by atoms with Gasteiger partial charge in [-0.1, -0.05) is 25.4 Å². The van der Waals surface area contributed by atoms with Crippen LogP contribution in [0.1, 0.15) is 32.4 Å². The first-order valence-corrected chi connectivity index (χ1v) is 11.8. The van der Waals surface area contributed by atoms with Crippen molar-refractivity contribution in [3.05, 3.63) is 82.0 Å². The van der Waals surface area contributed by atoms with E-state index < -0.39 is 0 Å². The molecular weight excluding hydrogens is 454 g/mol. The van der Waals surface area contributed by atoms with Gasteiger partial charge in [0.15, 0.2) is 0 Å². The minimum Gasteiger partial charge on any atom is -0.491 e. The molecule has 1 aromatic carbocycles. The fourth-order valence-electron chi connectivity index (χ4n) is 3.94. The molecule has 0 bridgehead atoms. The van der Waals surface area contributed by atoms with E-state index in [0.717, 1.165) is 30.8 Å². The quantitative estimate of drug-likeness (QED) is 0.474. The maximum atomic E-state index is 12.6. The Labute approximate surface area is 203 Å². The summed E-state index contributed by atoms with van der Waals surface area (Å²) >= 11 is 5.84. The fourth-order valence-corrected chi connectivity index (χ4v) is 4.05. The van der Waals surface area contributed by atoms with Crippen LogP contribution >= 0.6 is 11.6 Å². The standard InChI is InChI=1S/C26H28ClN3O4/c1-18(2)26(32)30-12-3-4-22(30)17-34-23-9-7-21(8-10-23)29-13-11-24(14-25(29)31)33-16-20-6-5-19(27)15-28-20/h5-11,13-15,18,22H,3-4,12,16-17H2,1-2H3/t22-/m1/s1. The van der Waals surface area contributed by atoms with Gasteiger partial charge in [-0.15, -0.1) is 0 Å². The summed E-state index contributed by atoms with van der Waals surface area (Å²) in [4.78, 5) is 31.1. The molecule has 3 heterocycles. The van der Waals surface area contributed by atoms with E-state index in [9.17, 15) is 9.59 Å². The largest absolute Gasteiger partial charge is 0.491 e. The smallest absolute Gasteiger partial charge is 0.258 e. The number of aromatic nitrogens is 2. The van der Waals surface area contributed by atoms with E-state index in [1.54, 1.807) is 30.6 Å². The monoisotopic (exact) mass is 481 g/mol. The molecule has 1 atom stereocenters. The third kappa shape index (κ3) is 5.78. The normalized spacial score (nSPS) is 15.5. The van der Waals surface area contributed by atoms with Crippen LogP contribution in [0.4, 0.5) is 0 Å². The number of nitrogens with zero attached hydrogens (tertiary/aromatic N) is 3. The van der Waals surface area contributed by atoms with Crippen molar-refractivity contribution in [1.82, 2.24) is 14.5 Å². The molecule has 0 aliphatic carbocycles. The summed E-state index contributed by atoms with van der Waals surface area (Å²) in [7, 11) is 0. The molecule has 34 heavy (non-hydrogen) atoms. The lowest BCUT2D eigenvalue weighted by atomic mass is 10.1. The van der Waals surface area contributed by atoms with Gasteiger partial charge in [0.25, 0.3) is 5.56 Å². The minimum absolute atomic E-state index is 0.0101. The number of halogens is 1. The molecule has 4 rings (SSSR count). The first-order chi connectivity index (χ1) is 16.4. The lowest BCUT2D eigenvalue weighted by molar-refractivity contribution is -0.135. The van der Waals surface area contributed by atoms with Crippen molar-refractivity contribution in [3.8, 4) is 17.2 Å². The second-order valence-corrected chi connectivity index (χ2v) is 9.05. The Morgan fingerprint density at radius 3 is 2.59 bits per heavy atom. The second-order valence-electron chi connectivity index (χ2n) is 8.61. The average molecular weight is 482 g/mol. The van der Waals surface area contributed by atoms with E-state index in [-0.39, 0.29) is 30.0 Å². The molecule has 1 fully saturated rings. The summed E-state index contributed by atoms with van der Waals surface area (Å²) in [6.07, 6.45) is 5.19. The molecule has 0 spiro atoms. The van der Waals surface area contributed by atoms with Crippen molar-refractivity contribution < 1.29 is 14.3 Å². The lowest BCUT2D eigenvalue weighted by Crippen LogP contribution is -2.41. The number of ether oxygens (including phenoxy) is 2. The Balaban J connectivity index is 1.35. The number of rotatable bonds is 8. The number of benzene rings is 1. The van der Waals surface area contributed by atoms with Gasteiger partial charge in [-0.25, -0.2) is 0 Å². The predicted molar refractivity (Wildman–Crippen MR) is 131 cm³/mol. The van der Waals surface area contributed by atoms with Gasteiger partial charge in [0.05, 0.1) is 16.8 Å². The van der Waals surface area contributed by atoms with Crippen molar-refractivity contribution in [1.29, 1.82) is 0 Å². The predicted octanol–water partition coefficient (Wildman–Crippen LogP) is 4.49. The Bertz CT molecular complexity index is 1180. The third-order valence-electron chi connectivity index (χ3n) is 5.78. The van der Waals surface area contributed by atoms with Crippen molar-refractivity contribution in [2.75, 3.05) is 13.2 Å². The van der Waals surface area contributed by atoms with Gasteiger partial charge < -0.3 is 14.4 Å². The summed E-state index contributed by atoms with van der Waals surface area (Å²) < 4.78 is 13.2. The first-order valence-electron chi connectivity index (χ1n) is 11.4. The number of carbonyl (C=O) groups excluding carboxylic acids is 1. The Hall–Kier alpha value is -3.32. The van der Waals surface area contributed by atoms with Crippen LogP contribution < -0.4 is 15.0 Å². The number of likely N-dealkylation sites (tertiary alicyclic amines) is 1. The molecule has 1 amide bonds. The van der Waals surface area contributed by atoms with Crippen LogP contribution in [0.2, 0.25) is 5.02 Å². The first kappa shape index (κ1) is 23.8. The Morgan fingerprint density at radius 2 is 1.91 bits per heavy atom. The van der Waals surface area contributed by atoms with E-state index in [1.165, 1.54) is 10.6 Å². The molecule has 0 radical (unpaired) electrons. The zero-order chi connectivity index (χ0) is 24.1. The molecule has 3 aromatic rings. The average Bonchev–Trinajstić information content (AvgIpc) is 3.31. The number of pyridine rings is 2. The molecular formula is C26H28ClN3O4. The van der Waals surface area contributed by atoms with Gasteiger partial charge in [0.1, 0.15) is 24.7 Å². The Kier molecular flexibility index (Phi) is 7.53. The molecule has 0 N–H and O–H groups in total. The lowest BCUT2D eigenvalue weighted by Gasteiger charge is -2.26. The van der Waals surface area contributed by atoms with Crippen LogP contribution in [0, 0.1) is 5.92 Å². The molecule has 7 nitrogen and oxygen atoms in total. The molecule has 1 aliphatic rings. The van der Waals surface area contributed by atoms with E-state index in [1.807, 2.05) is 43.0 Å². The molecule has 8 heteroatoms. The van der Waals surface area contributed by atoms with Crippen LogP contribution in [-0.2, 0) is 11.4 Å².